The largest absolute Gasteiger partial charge is 0.313 e. The van der Waals surface area contributed by atoms with Gasteiger partial charge in [0.25, 0.3) is 0 Å². The highest BCUT2D eigenvalue weighted by atomic mass is 14.7. The van der Waals surface area contributed by atoms with E-state index in [9.17, 15) is 0 Å². The molecule has 2 nitrogen and oxygen atoms in total. The molecule has 0 heterocycles. The minimum atomic E-state index is -0.534. The molecule has 0 aromatic carbocycles. The van der Waals surface area contributed by atoms with Gasteiger partial charge in [0, 0.05) is 0 Å². The summed E-state index contributed by atoms with van der Waals surface area (Å²) >= 11 is 0. The van der Waals surface area contributed by atoms with E-state index in [4.69, 9.17) is 11.0 Å². The summed E-state index contributed by atoms with van der Waals surface area (Å²) in [6.45, 7) is 0. The van der Waals surface area contributed by atoms with Gasteiger partial charge in [-0.2, -0.15) is 5.26 Å². The summed E-state index contributed by atoms with van der Waals surface area (Å²) in [6.07, 6.45) is 14.7. The third-order valence-corrected chi connectivity index (χ3v) is 3.72. The standard InChI is InChI=1S/C14H26N2/c15-13-14(16)11-9-7-5-3-1-2-4-6-8-10-12-14/h1-12,16H2. The Labute approximate surface area is 100 Å². The Bertz CT molecular complexity index is 203. The average Bonchev–Trinajstić information content (AvgIpc) is 2.31. The average molecular weight is 222 g/mol. The van der Waals surface area contributed by atoms with Crippen LogP contribution in [0.1, 0.15) is 77.0 Å². The zero-order valence-corrected chi connectivity index (χ0v) is 10.5. The second kappa shape index (κ2) is 7.68. The van der Waals surface area contributed by atoms with Gasteiger partial charge in [0.05, 0.1) is 6.07 Å². The number of rotatable bonds is 0. The highest BCUT2D eigenvalue weighted by molar-refractivity contribution is 5.04. The van der Waals surface area contributed by atoms with Gasteiger partial charge in [-0.25, -0.2) is 0 Å². The molecule has 0 aliphatic heterocycles. The molecule has 2 N–H and O–H groups in total. The van der Waals surface area contributed by atoms with Gasteiger partial charge in [-0.15, -0.1) is 0 Å². The van der Waals surface area contributed by atoms with Crippen LogP contribution in [0, 0.1) is 11.3 Å². The molecule has 0 aromatic rings. The van der Waals surface area contributed by atoms with E-state index in [0.29, 0.717) is 0 Å². The fraction of sp³-hybridized carbons (Fsp3) is 0.929. The maximum atomic E-state index is 9.14. The number of nitrogens with zero attached hydrogens (tertiary/aromatic N) is 1. The van der Waals surface area contributed by atoms with Crippen molar-refractivity contribution in [2.75, 3.05) is 0 Å². The van der Waals surface area contributed by atoms with Crippen molar-refractivity contribution >= 4 is 0 Å². The molecule has 92 valence electrons. The van der Waals surface area contributed by atoms with Crippen LogP contribution >= 0.6 is 0 Å². The molecular weight excluding hydrogens is 196 g/mol. The normalized spacial score (nSPS) is 24.5. The van der Waals surface area contributed by atoms with Gasteiger partial charge in [-0.05, 0) is 12.8 Å². The fourth-order valence-corrected chi connectivity index (χ4v) is 2.53. The van der Waals surface area contributed by atoms with E-state index in [2.05, 4.69) is 6.07 Å². The molecule has 0 spiro atoms. The topological polar surface area (TPSA) is 49.8 Å². The Morgan fingerprint density at radius 2 is 1.00 bits per heavy atom. The Morgan fingerprint density at radius 1 is 0.688 bits per heavy atom. The maximum Gasteiger partial charge on any atom is 0.104 e. The molecule has 1 saturated carbocycles. The van der Waals surface area contributed by atoms with Gasteiger partial charge in [0.1, 0.15) is 5.54 Å². The molecule has 0 saturated heterocycles. The quantitative estimate of drug-likeness (QED) is 0.675. The molecule has 1 rings (SSSR count). The second-order valence-electron chi connectivity index (χ2n) is 5.30. The lowest BCUT2D eigenvalue weighted by Gasteiger charge is -2.21. The van der Waals surface area contributed by atoms with Crippen LogP contribution in [0.3, 0.4) is 0 Å². The predicted octanol–water partition coefficient (Wildman–Crippen LogP) is 3.90. The summed E-state index contributed by atoms with van der Waals surface area (Å²) in [5.41, 5.74) is 5.58. The smallest absolute Gasteiger partial charge is 0.104 e. The number of nitriles is 1. The van der Waals surface area contributed by atoms with E-state index in [1.807, 2.05) is 0 Å². The van der Waals surface area contributed by atoms with Gasteiger partial charge in [-0.1, -0.05) is 64.2 Å². The third-order valence-electron chi connectivity index (χ3n) is 3.72. The van der Waals surface area contributed by atoms with Crippen LogP contribution in [-0.4, -0.2) is 5.54 Å². The van der Waals surface area contributed by atoms with Crippen LogP contribution in [-0.2, 0) is 0 Å². The van der Waals surface area contributed by atoms with Crippen LogP contribution in [0.5, 0.6) is 0 Å². The SMILES string of the molecule is N#CC1(N)CCCCCCCCCCCC1. The lowest BCUT2D eigenvalue weighted by atomic mass is 9.89. The van der Waals surface area contributed by atoms with Crippen LogP contribution in [0.4, 0.5) is 0 Å². The molecule has 0 aromatic heterocycles. The summed E-state index contributed by atoms with van der Waals surface area (Å²) in [7, 11) is 0. The lowest BCUT2D eigenvalue weighted by Crippen LogP contribution is -2.37. The number of hydrogen-bond donors (Lipinski definition) is 1. The summed E-state index contributed by atoms with van der Waals surface area (Å²) in [5, 5.41) is 9.14. The van der Waals surface area contributed by atoms with Gasteiger partial charge in [0.2, 0.25) is 0 Å². The van der Waals surface area contributed by atoms with Crippen molar-refractivity contribution < 1.29 is 0 Å². The van der Waals surface area contributed by atoms with E-state index in [1.165, 1.54) is 51.4 Å². The van der Waals surface area contributed by atoms with Crippen molar-refractivity contribution in [1.29, 1.82) is 5.26 Å². The Morgan fingerprint density at radius 3 is 1.31 bits per heavy atom. The molecule has 0 radical (unpaired) electrons. The van der Waals surface area contributed by atoms with E-state index < -0.39 is 5.54 Å². The van der Waals surface area contributed by atoms with Crippen molar-refractivity contribution in [2.24, 2.45) is 5.73 Å². The first-order valence-corrected chi connectivity index (χ1v) is 6.97. The van der Waals surface area contributed by atoms with Crippen molar-refractivity contribution in [3.8, 4) is 6.07 Å². The van der Waals surface area contributed by atoms with E-state index in [0.717, 1.165) is 25.7 Å². The molecule has 16 heavy (non-hydrogen) atoms. The molecule has 2 heteroatoms. The summed E-state index contributed by atoms with van der Waals surface area (Å²) < 4.78 is 0. The first kappa shape index (κ1) is 13.5. The van der Waals surface area contributed by atoms with E-state index in [1.54, 1.807) is 0 Å². The zero-order valence-electron chi connectivity index (χ0n) is 10.5. The van der Waals surface area contributed by atoms with Crippen LogP contribution in [0.15, 0.2) is 0 Å². The highest BCUT2D eigenvalue weighted by Crippen LogP contribution is 2.21. The molecule has 1 aliphatic carbocycles. The second-order valence-corrected chi connectivity index (χ2v) is 5.30. The third kappa shape index (κ3) is 5.51. The van der Waals surface area contributed by atoms with Gasteiger partial charge >= 0.3 is 0 Å². The minimum Gasteiger partial charge on any atom is -0.313 e. The van der Waals surface area contributed by atoms with Gasteiger partial charge < -0.3 is 5.73 Å². The Kier molecular flexibility index (Phi) is 6.49. The summed E-state index contributed by atoms with van der Waals surface area (Å²) in [4.78, 5) is 0. The molecule has 0 unspecified atom stereocenters. The predicted molar refractivity (Wildman–Crippen MR) is 67.9 cm³/mol. The molecule has 0 amide bonds. The van der Waals surface area contributed by atoms with E-state index >= 15 is 0 Å². The zero-order chi connectivity index (χ0) is 11.7. The van der Waals surface area contributed by atoms with Gasteiger partial charge in [0.15, 0.2) is 0 Å². The first-order valence-electron chi connectivity index (χ1n) is 6.97. The fourth-order valence-electron chi connectivity index (χ4n) is 2.53. The highest BCUT2D eigenvalue weighted by Gasteiger charge is 2.23. The molecule has 0 atom stereocenters. The monoisotopic (exact) mass is 222 g/mol. The molecule has 1 fully saturated rings. The molecule has 0 bridgehead atoms. The minimum absolute atomic E-state index is 0.534. The first-order chi connectivity index (χ1) is 7.77. The van der Waals surface area contributed by atoms with Crippen LogP contribution in [0.25, 0.3) is 0 Å². The number of nitrogens with two attached hydrogens (primary N) is 1. The summed E-state index contributed by atoms with van der Waals surface area (Å²) in [5.74, 6) is 0. The number of hydrogen-bond acceptors (Lipinski definition) is 2. The summed E-state index contributed by atoms with van der Waals surface area (Å²) in [6, 6.07) is 2.33. The van der Waals surface area contributed by atoms with Crippen molar-refractivity contribution in [2.45, 2.75) is 82.6 Å². The molecular formula is C14H26N2. The van der Waals surface area contributed by atoms with Crippen molar-refractivity contribution in [3.63, 3.8) is 0 Å². The van der Waals surface area contributed by atoms with Crippen LogP contribution in [0.2, 0.25) is 0 Å². The molecule has 1 aliphatic rings. The van der Waals surface area contributed by atoms with E-state index in [-0.39, 0.29) is 0 Å². The Balaban J connectivity index is 2.36. The van der Waals surface area contributed by atoms with Crippen molar-refractivity contribution in [1.82, 2.24) is 0 Å². The Hall–Kier alpha value is -0.550. The maximum absolute atomic E-state index is 9.14. The van der Waals surface area contributed by atoms with Gasteiger partial charge in [-0.3, -0.25) is 0 Å². The van der Waals surface area contributed by atoms with Crippen molar-refractivity contribution in [3.05, 3.63) is 0 Å². The lowest BCUT2D eigenvalue weighted by molar-refractivity contribution is 0.417. The van der Waals surface area contributed by atoms with Crippen LogP contribution < -0.4 is 5.73 Å².